The lowest BCUT2D eigenvalue weighted by Gasteiger charge is -2.05. The quantitative estimate of drug-likeness (QED) is 0.375. The highest BCUT2D eigenvalue weighted by Crippen LogP contribution is 2.32. The fraction of sp³-hybridized carbons (Fsp3) is 0.111. The molecule has 5 nitrogen and oxygen atoms in total. The van der Waals surface area contributed by atoms with Crippen LogP contribution in [0.25, 0.3) is 6.08 Å². The highest BCUT2D eigenvalue weighted by Gasteiger charge is 2.13. The molecular weight excluding hydrogens is 296 g/mol. The molecule has 0 unspecified atom stereocenters. The first-order valence-corrected chi connectivity index (χ1v) is 7.03. The van der Waals surface area contributed by atoms with E-state index in [4.69, 9.17) is 14.2 Å². The van der Waals surface area contributed by atoms with Gasteiger partial charge in [-0.05, 0) is 42.8 Å². The minimum Gasteiger partial charge on any atom is -0.454 e. The lowest BCUT2D eigenvalue weighted by atomic mass is 10.1. The predicted octanol–water partition coefficient (Wildman–Crippen LogP) is 3.24. The SMILES string of the molecule is CC(=O)c1ccccc1OC(=O)/C=C/c1ccc2c(c1)OCO2. The van der Waals surface area contributed by atoms with E-state index in [0.717, 1.165) is 5.56 Å². The summed E-state index contributed by atoms with van der Waals surface area (Å²) < 4.78 is 15.7. The van der Waals surface area contributed by atoms with Crippen molar-refractivity contribution in [3.8, 4) is 17.2 Å². The molecule has 0 aliphatic carbocycles. The molecule has 1 aliphatic heterocycles. The molecule has 0 fully saturated rings. The topological polar surface area (TPSA) is 61.8 Å². The second kappa shape index (κ2) is 6.36. The summed E-state index contributed by atoms with van der Waals surface area (Å²) in [5.74, 6) is 0.854. The van der Waals surface area contributed by atoms with Gasteiger partial charge in [0.1, 0.15) is 5.75 Å². The number of fused-ring (bicyclic) bond motifs is 1. The Morgan fingerprint density at radius 3 is 2.70 bits per heavy atom. The van der Waals surface area contributed by atoms with Crippen LogP contribution in [0, 0.1) is 0 Å². The first-order chi connectivity index (χ1) is 11.1. The lowest BCUT2D eigenvalue weighted by Crippen LogP contribution is -2.07. The summed E-state index contributed by atoms with van der Waals surface area (Å²) in [6, 6.07) is 12.0. The van der Waals surface area contributed by atoms with Crippen molar-refractivity contribution >= 4 is 17.8 Å². The minimum absolute atomic E-state index is 0.159. The zero-order valence-electron chi connectivity index (χ0n) is 12.4. The Kier molecular flexibility index (Phi) is 4.10. The maximum absolute atomic E-state index is 11.9. The predicted molar refractivity (Wildman–Crippen MR) is 83.7 cm³/mol. The molecule has 116 valence electrons. The zero-order chi connectivity index (χ0) is 16.2. The van der Waals surface area contributed by atoms with Gasteiger partial charge in [0.15, 0.2) is 17.3 Å². The van der Waals surface area contributed by atoms with Crippen LogP contribution in [0.2, 0.25) is 0 Å². The molecule has 0 radical (unpaired) electrons. The molecule has 1 aliphatic rings. The molecule has 2 aromatic carbocycles. The second-order valence-electron chi connectivity index (χ2n) is 4.92. The van der Waals surface area contributed by atoms with Gasteiger partial charge >= 0.3 is 5.97 Å². The number of ketones is 1. The van der Waals surface area contributed by atoms with Crippen LogP contribution < -0.4 is 14.2 Å². The number of carbonyl (C=O) groups is 2. The Bertz CT molecular complexity index is 792. The molecular formula is C18H14O5. The summed E-state index contributed by atoms with van der Waals surface area (Å²) in [4.78, 5) is 23.4. The van der Waals surface area contributed by atoms with Gasteiger partial charge in [0.25, 0.3) is 0 Å². The number of hydrogen-bond donors (Lipinski definition) is 0. The Labute approximate surface area is 133 Å². The third kappa shape index (κ3) is 3.40. The molecule has 5 heteroatoms. The van der Waals surface area contributed by atoms with E-state index in [1.54, 1.807) is 48.5 Å². The Balaban J connectivity index is 1.71. The van der Waals surface area contributed by atoms with Crippen molar-refractivity contribution < 1.29 is 23.8 Å². The van der Waals surface area contributed by atoms with E-state index in [2.05, 4.69) is 0 Å². The number of carbonyl (C=O) groups excluding carboxylic acids is 2. The van der Waals surface area contributed by atoms with Crippen LogP contribution in [0.1, 0.15) is 22.8 Å². The van der Waals surface area contributed by atoms with E-state index in [1.807, 2.05) is 0 Å². The number of para-hydroxylation sites is 1. The molecule has 0 atom stereocenters. The van der Waals surface area contributed by atoms with E-state index in [1.165, 1.54) is 13.0 Å². The van der Waals surface area contributed by atoms with Gasteiger partial charge in [0.05, 0.1) is 5.56 Å². The summed E-state index contributed by atoms with van der Waals surface area (Å²) >= 11 is 0. The molecule has 0 aromatic heterocycles. The molecule has 0 spiro atoms. The summed E-state index contributed by atoms with van der Waals surface area (Å²) in [5, 5.41) is 0. The van der Waals surface area contributed by atoms with Crippen molar-refractivity contribution in [3.05, 3.63) is 59.7 Å². The van der Waals surface area contributed by atoms with Crippen LogP contribution >= 0.6 is 0 Å². The van der Waals surface area contributed by atoms with Gasteiger partial charge < -0.3 is 14.2 Å². The summed E-state index contributed by atoms with van der Waals surface area (Å²) in [6.45, 7) is 1.63. The molecule has 3 rings (SSSR count). The smallest absolute Gasteiger partial charge is 0.336 e. The molecule has 0 N–H and O–H groups in total. The minimum atomic E-state index is -0.559. The number of benzene rings is 2. The summed E-state index contributed by atoms with van der Waals surface area (Å²) in [5.41, 5.74) is 1.16. The molecule has 1 heterocycles. The van der Waals surface area contributed by atoms with Crippen molar-refractivity contribution in [1.29, 1.82) is 0 Å². The van der Waals surface area contributed by atoms with E-state index in [0.29, 0.717) is 17.1 Å². The van der Waals surface area contributed by atoms with Crippen molar-refractivity contribution in [1.82, 2.24) is 0 Å². The van der Waals surface area contributed by atoms with Crippen molar-refractivity contribution in [2.24, 2.45) is 0 Å². The van der Waals surface area contributed by atoms with Gasteiger partial charge in [0, 0.05) is 6.08 Å². The molecule has 2 aromatic rings. The number of hydrogen-bond acceptors (Lipinski definition) is 5. The Morgan fingerprint density at radius 2 is 1.87 bits per heavy atom. The lowest BCUT2D eigenvalue weighted by molar-refractivity contribution is -0.128. The summed E-state index contributed by atoms with van der Waals surface area (Å²) in [6.07, 6.45) is 2.91. The molecule has 23 heavy (non-hydrogen) atoms. The van der Waals surface area contributed by atoms with Crippen LogP contribution in [0.5, 0.6) is 17.2 Å². The molecule has 0 saturated heterocycles. The van der Waals surface area contributed by atoms with E-state index < -0.39 is 5.97 Å². The third-order valence-corrected chi connectivity index (χ3v) is 3.29. The highest BCUT2D eigenvalue weighted by atomic mass is 16.7. The fourth-order valence-corrected chi connectivity index (χ4v) is 2.17. The maximum atomic E-state index is 11.9. The Morgan fingerprint density at radius 1 is 1.09 bits per heavy atom. The largest absolute Gasteiger partial charge is 0.454 e. The van der Waals surface area contributed by atoms with Crippen molar-refractivity contribution in [2.45, 2.75) is 6.92 Å². The van der Waals surface area contributed by atoms with E-state index in [9.17, 15) is 9.59 Å². The van der Waals surface area contributed by atoms with Crippen molar-refractivity contribution in [2.75, 3.05) is 6.79 Å². The number of esters is 1. The van der Waals surface area contributed by atoms with Gasteiger partial charge in [-0.25, -0.2) is 4.79 Å². The van der Waals surface area contributed by atoms with Crippen LogP contribution in [-0.4, -0.2) is 18.5 Å². The normalized spacial score (nSPS) is 12.4. The van der Waals surface area contributed by atoms with Gasteiger partial charge in [-0.1, -0.05) is 18.2 Å². The standard InChI is InChI=1S/C18H14O5/c1-12(19)14-4-2-3-5-15(14)23-18(20)9-7-13-6-8-16-17(10-13)22-11-21-16/h2-10H,11H2,1H3/b9-7+. The summed E-state index contributed by atoms with van der Waals surface area (Å²) in [7, 11) is 0. The van der Waals surface area contributed by atoms with Crippen LogP contribution in [0.3, 0.4) is 0 Å². The zero-order valence-corrected chi connectivity index (χ0v) is 12.4. The van der Waals surface area contributed by atoms with Gasteiger partial charge in [-0.2, -0.15) is 0 Å². The Hall–Kier alpha value is -3.08. The first-order valence-electron chi connectivity index (χ1n) is 7.03. The maximum Gasteiger partial charge on any atom is 0.336 e. The molecule has 0 amide bonds. The van der Waals surface area contributed by atoms with Crippen LogP contribution in [-0.2, 0) is 4.79 Å². The monoisotopic (exact) mass is 310 g/mol. The van der Waals surface area contributed by atoms with Gasteiger partial charge in [-0.15, -0.1) is 0 Å². The average molecular weight is 310 g/mol. The third-order valence-electron chi connectivity index (χ3n) is 3.29. The average Bonchev–Trinajstić information content (AvgIpc) is 3.01. The number of ether oxygens (including phenoxy) is 3. The molecule has 0 bridgehead atoms. The number of Topliss-reactive ketones (excluding diaryl/α,β-unsaturated/α-hetero) is 1. The first kappa shape index (κ1) is 14.8. The van der Waals surface area contributed by atoms with Crippen molar-refractivity contribution in [3.63, 3.8) is 0 Å². The second-order valence-corrected chi connectivity index (χ2v) is 4.92. The number of rotatable bonds is 4. The fourth-order valence-electron chi connectivity index (χ4n) is 2.17. The van der Waals surface area contributed by atoms with Crippen LogP contribution in [0.15, 0.2) is 48.5 Å². The van der Waals surface area contributed by atoms with E-state index >= 15 is 0 Å². The van der Waals surface area contributed by atoms with E-state index in [-0.39, 0.29) is 18.3 Å². The van der Waals surface area contributed by atoms with Crippen LogP contribution in [0.4, 0.5) is 0 Å². The van der Waals surface area contributed by atoms with Gasteiger partial charge in [0.2, 0.25) is 6.79 Å². The molecule has 0 saturated carbocycles. The van der Waals surface area contributed by atoms with Gasteiger partial charge in [-0.3, -0.25) is 4.79 Å². The highest BCUT2D eigenvalue weighted by molar-refractivity contribution is 5.98.